The number of hydrogen-bond acceptors (Lipinski definition) is 8. The van der Waals surface area contributed by atoms with Gasteiger partial charge in [0.1, 0.15) is 10.0 Å². The molecule has 0 radical (unpaired) electrons. The lowest BCUT2D eigenvalue weighted by molar-refractivity contribution is -0.0317. The van der Waals surface area contributed by atoms with Crippen molar-refractivity contribution in [2.45, 2.75) is 49.7 Å². The zero-order valence-electron chi connectivity index (χ0n) is 14.1. The molecule has 2 bridgehead atoms. The molecular formula is C13H19N7O5S2. The number of carbonyl (C=O) groups is 1. The largest absolute Gasteiger partial charge is 0.418 e. The molecule has 1 aromatic rings. The van der Waals surface area contributed by atoms with E-state index >= 15 is 0 Å². The molecule has 2 amide bonds. The number of guanidine groups is 1. The van der Waals surface area contributed by atoms with E-state index < -0.39 is 22.5 Å². The topological polar surface area (TPSA) is 175 Å². The number of amides is 2. The molecule has 0 spiro atoms. The van der Waals surface area contributed by atoms with Crippen molar-refractivity contribution >= 4 is 33.7 Å². The molecule has 2 aliphatic heterocycles. The van der Waals surface area contributed by atoms with E-state index in [1.807, 2.05) is 0 Å². The second kappa shape index (κ2) is 6.54. The molecule has 14 heteroatoms. The minimum absolute atomic E-state index is 0.0441. The molecule has 2 saturated heterocycles. The van der Waals surface area contributed by atoms with E-state index in [1.54, 1.807) is 0 Å². The minimum Gasteiger partial charge on any atom is -0.370 e. The molecule has 3 aliphatic rings. The van der Waals surface area contributed by atoms with Crippen molar-refractivity contribution in [1.82, 2.24) is 25.5 Å². The average molecular weight is 417 g/mol. The predicted octanol–water partition coefficient (Wildman–Crippen LogP) is -0.0573. The monoisotopic (exact) mass is 417 g/mol. The molecular weight excluding hydrogens is 398 g/mol. The van der Waals surface area contributed by atoms with Crippen LogP contribution in [0.5, 0.6) is 0 Å². The number of urea groups is 1. The molecule has 1 saturated carbocycles. The average Bonchev–Trinajstić information content (AvgIpc) is 3.10. The van der Waals surface area contributed by atoms with Crippen LogP contribution in [0.4, 0.5) is 4.79 Å². The maximum absolute atomic E-state index is 12.5. The Morgan fingerprint density at radius 2 is 2.04 bits per heavy atom. The Bertz CT molecular complexity index is 868. The van der Waals surface area contributed by atoms with Gasteiger partial charge in [0.2, 0.25) is 0 Å². The van der Waals surface area contributed by atoms with E-state index in [-0.39, 0.29) is 24.0 Å². The fourth-order valence-electron chi connectivity index (χ4n) is 3.79. The number of hydrogen-bond donors (Lipinski definition) is 4. The van der Waals surface area contributed by atoms with Gasteiger partial charge in [-0.2, -0.15) is 13.5 Å². The van der Waals surface area contributed by atoms with Gasteiger partial charge in [-0.05, 0) is 25.7 Å². The molecule has 0 unspecified atom stereocenters. The Morgan fingerprint density at radius 1 is 1.33 bits per heavy atom. The Labute approximate surface area is 159 Å². The van der Waals surface area contributed by atoms with Crippen molar-refractivity contribution in [3.63, 3.8) is 0 Å². The van der Waals surface area contributed by atoms with Crippen LogP contribution in [0.1, 0.15) is 47.7 Å². The van der Waals surface area contributed by atoms with Gasteiger partial charge < -0.3 is 16.0 Å². The molecule has 1 aromatic heterocycles. The summed E-state index contributed by atoms with van der Waals surface area (Å²) in [4.78, 5) is 14.0. The maximum Gasteiger partial charge on any atom is 0.418 e. The highest BCUT2D eigenvalue weighted by Gasteiger charge is 2.48. The summed E-state index contributed by atoms with van der Waals surface area (Å²) in [6.07, 6.45) is 2.78. The van der Waals surface area contributed by atoms with Crippen molar-refractivity contribution in [2.75, 3.05) is 6.54 Å². The lowest BCUT2D eigenvalue weighted by Crippen LogP contribution is -2.46. The number of hydroxylamine groups is 2. The Balaban J connectivity index is 1.43. The summed E-state index contributed by atoms with van der Waals surface area (Å²) >= 11 is 1.44. The van der Waals surface area contributed by atoms with Gasteiger partial charge in [-0.15, -0.1) is 14.5 Å². The third-order valence-corrected chi connectivity index (χ3v) is 6.62. The first-order chi connectivity index (χ1) is 12.7. The molecule has 2 atom stereocenters. The molecule has 12 nitrogen and oxygen atoms in total. The number of piperidine rings is 1. The summed E-state index contributed by atoms with van der Waals surface area (Å²) < 4.78 is 35.2. The second-order valence-corrected chi connectivity index (χ2v) is 8.96. The first kappa shape index (κ1) is 18.3. The van der Waals surface area contributed by atoms with Gasteiger partial charge in [0, 0.05) is 18.5 Å². The summed E-state index contributed by atoms with van der Waals surface area (Å²) in [6.45, 7) is 0.308. The van der Waals surface area contributed by atoms with Crippen LogP contribution < -0.4 is 11.1 Å². The van der Waals surface area contributed by atoms with E-state index in [2.05, 4.69) is 19.8 Å². The normalized spacial score (nSPS) is 30.3. The lowest BCUT2D eigenvalue weighted by Gasteiger charge is -2.34. The third-order valence-electron chi connectivity index (χ3n) is 5.09. The van der Waals surface area contributed by atoms with E-state index in [9.17, 15) is 13.2 Å². The number of nitrogens with two attached hydrogens (primary N) is 1. The second-order valence-electron chi connectivity index (χ2n) is 6.91. The van der Waals surface area contributed by atoms with Gasteiger partial charge in [0.15, 0.2) is 5.96 Å². The smallest absolute Gasteiger partial charge is 0.370 e. The molecule has 3 fully saturated rings. The number of carbonyl (C=O) groups excluding carboxylic acids is 1. The quantitative estimate of drug-likeness (QED) is 0.290. The van der Waals surface area contributed by atoms with Crippen molar-refractivity contribution < 1.29 is 22.0 Å². The summed E-state index contributed by atoms with van der Waals surface area (Å²) in [5.74, 6) is 0.204. The van der Waals surface area contributed by atoms with E-state index in [0.717, 1.165) is 22.9 Å². The number of rotatable bonds is 5. The van der Waals surface area contributed by atoms with E-state index in [1.165, 1.54) is 16.2 Å². The third kappa shape index (κ3) is 3.56. The number of aromatic nitrogens is 2. The first-order valence-corrected chi connectivity index (χ1v) is 10.6. The van der Waals surface area contributed by atoms with Crippen LogP contribution in [0, 0.1) is 5.41 Å². The summed E-state index contributed by atoms with van der Waals surface area (Å²) in [7, 11) is -4.75. The highest BCUT2D eigenvalue weighted by atomic mass is 32.3. The van der Waals surface area contributed by atoms with Crippen molar-refractivity contribution in [2.24, 2.45) is 5.73 Å². The molecule has 5 N–H and O–H groups in total. The molecule has 3 heterocycles. The van der Waals surface area contributed by atoms with Gasteiger partial charge in [0.05, 0.1) is 12.1 Å². The zero-order chi connectivity index (χ0) is 19.3. The number of nitrogens with one attached hydrogen (secondary N) is 2. The standard InChI is InChI=1S/C13H19N7O5S2/c14-12(15)16-7-3-6(4-7)10-17-18-11(26-10)9-2-1-8-5-19(9)13(21)20(8)25-27(22,23)24/h6-9H,1-5H2,(H4,14,15,16)(H,22,23,24)/t6-,7-,8-,9-/m0/s1. The first-order valence-electron chi connectivity index (χ1n) is 8.42. The van der Waals surface area contributed by atoms with Gasteiger partial charge in [-0.1, -0.05) is 11.3 Å². The Kier molecular flexibility index (Phi) is 4.44. The molecule has 148 valence electrons. The van der Waals surface area contributed by atoms with Crippen LogP contribution in [0.25, 0.3) is 0 Å². The zero-order valence-corrected chi connectivity index (χ0v) is 15.7. The fraction of sp³-hybridized carbons (Fsp3) is 0.692. The van der Waals surface area contributed by atoms with Crippen LogP contribution in [-0.2, 0) is 14.7 Å². The van der Waals surface area contributed by atoms with Crippen LogP contribution in [0.15, 0.2) is 0 Å². The number of fused-ring (bicyclic) bond motifs is 2. The van der Waals surface area contributed by atoms with Crippen LogP contribution in [-0.4, -0.2) is 63.8 Å². The Morgan fingerprint density at radius 3 is 2.70 bits per heavy atom. The van der Waals surface area contributed by atoms with E-state index in [4.69, 9.17) is 15.7 Å². The van der Waals surface area contributed by atoms with Crippen LogP contribution in [0.2, 0.25) is 0 Å². The van der Waals surface area contributed by atoms with Gasteiger partial charge in [-0.25, -0.2) is 4.79 Å². The molecule has 0 aromatic carbocycles. The summed E-state index contributed by atoms with van der Waals surface area (Å²) in [5, 5.41) is 20.9. The van der Waals surface area contributed by atoms with Crippen molar-refractivity contribution in [3.05, 3.63) is 10.0 Å². The number of nitrogens with zero attached hydrogens (tertiary/aromatic N) is 4. The maximum atomic E-state index is 12.5. The molecule has 4 rings (SSSR count). The lowest BCUT2D eigenvalue weighted by atomic mass is 9.81. The van der Waals surface area contributed by atoms with Crippen molar-refractivity contribution in [3.8, 4) is 0 Å². The fourth-order valence-corrected chi connectivity index (χ4v) is 5.30. The highest BCUT2D eigenvalue weighted by molar-refractivity contribution is 7.80. The van der Waals surface area contributed by atoms with Crippen molar-refractivity contribution in [1.29, 1.82) is 5.41 Å². The van der Waals surface area contributed by atoms with Crippen LogP contribution >= 0.6 is 11.3 Å². The van der Waals surface area contributed by atoms with Gasteiger partial charge >= 0.3 is 16.4 Å². The Hall–Kier alpha value is -2.03. The summed E-state index contributed by atoms with van der Waals surface area (Å²) in [6, 6.07) is -1.15. The highest BCUT2D eigenvalue weighted by Crippen LogP contribution is 2.43. The predicted molar refractivity (Wildman–Crippen MR) is 93.1 cm³/mol. The minimum atomic E-state index is -4.75. The van der Waals surface area contributed by atoms with E-state index in [0.29, 0.717) is 24.4 Å². The van der Waals surface area contributed by atoms with Gasteiger partial charge in [-0.3, -0.25) is 9.96 Å². The summed E-state index contributed by atoms with van der Waals surface area (Å²) in [5.41, 5.74) is 5.33. The van der Waals surface area contributed by atoms with Gasteiger partial charge in [0.25, 0.3) is 0 Å². The van der Waals surface area contributed by atoms with Crippen LogP contribution in [0.3, 0.4) is 0 Å². The molecule has 27 heavy (non-hydrogen) atoms. The SMILES string of the molecule is N=C(N)N[C@H]1C[C@H](c2nnc([C@@H]3CC[C@H]4CN3C(=O)N4OS(=O)(=O)O)s2)C1. The molecule has 1 aliphatic carbocycles.